The molecule has 25 heavy (non-hydrogen) atoms. The van der Waals surface area contributed by atoms with Gasteiger partial charge in [0.05, 0.1) is 12.1 Å². The van der Waals surface area contributed by atoms with Crippen molar-refractivity contribution in [3.05, 3.63) is 65.7 Å². The number of nitrogens with one attached hydrogen (secondary N) is 1. The molecule has 130 valence electrons. The van der Waals surface area contributed by atoms with Crippen molar-refractivity contribution in [3.63, 3.8) is 0 Å². The maximum atomic E-state index is 12.2. The first-order valence-electron chi connectivity index (χ1n) is 9.10. The normalized spacial score (nSPS) is 23.9. The number of nitrogens with zero attached hydrogens (tertiary/aromatic N) is 1. The number of ether oxygens (including phenoxy) is 1. The Balaban J connectivity index is 1.45. The van der Waals surface area contributed by atoms with Crippen molar-refractivity contribution in [2.45, 2.75) is 25.5 Å². The first-order valence-corrected chi connectivity index (χ1v) is 9.10. The highest BCUT2D eigenvalue weighted by Crippen LogP contribution is 2.28. The Bertz CT molecular complexity index is 732. The number of likely N-dealkylation sites (tertiary alicyclic amines) is 1. The van der Waals surface area contributed by atoms with Gasteiger partial charge >= 0.3 is 0 Å². The quantitative estimate of drug-likeness (QED) is 0.936. The smallest absolute Gasteiger partial charge is 0.255 e. The number of hydrogen-bond donors (Lipinski definition) is 1. The van der Waals surface area contributed by atoms with E-state index in [0.29, 0.717) is 23.8 Å². The van der Waals surface area contributed by atoms with Crippen LogP contribution in [0.15, 0.2) is 54.6 Å². The van der Waals surface area contributed by atoms with E-state index in [-0.39, 0.29) is 12.0 Å². The van der Waals surface area contributed by atoms with Crippen LogP contribution in [0.3, 0.4) is 0 Å². The SMILES string of the molecule is O=C1NC[C@@H]([C@@H]2CCCN(Cc3ccccc3)C2)Oc2ccccc21. The summed E-state index contributed by atoms with van der Waals surface area (Å²) in [5, 5.41) is 3.03. The lowest BCUT2D eigenvalue weighted by molar-refractivity contribution is 0.0660. The summed E-state index contributed by atoms with van der Waals surface area (Å²) < 4.78 is 6.26. The molecule has 4 heteroatoms. The van der Waals surface area contributed by atoms with Crippen LogP contribution in [-0.2, 0) is 6.54 Å². The van der Waals surface area contributed by atoms with Gasteiger partial charge in [0.15, 0.2) is 0 Å². The van der Waals surface area contributed by atoms with Gasteiger partial charge in [0.2, 0.25) is 0 Å². The van der Waals surface area contributed by atoms with E-state index >= 15 is 0 Å². The number of carbonyl (C=O) groups excluding carboxylic acids is 1. The molecule has 0 aliphatic carbocycles. The predicted molar refractivity (Wildman–Crippen MR) is 97.6 cm³/mol. The van der Waals surface area contributed by atoms with E-state index in [2.05, 4.69) is 40.5 Å². The van der Waals surface area contributed by atoms with Gasteiger partial charge in [-0.3, -0.25) is 9.69 Å². The Labute approximate surface area is 148 Å². The Morgan fingerprint density at radius 2 is 1.88 bits per heavy atom. The van der Waals surface area contributed by atoms with Crippen LogP contribution in [-0.4, -0.2) is 36.5 Å². The van der Waals surface area contributed by atoms with Crippen LogP contribution in [0, 0.1) is 5.92 Å². The van der Waals surface area contributed by atoms with Crippen molar-refractivity contribution >= 4 is 5.91 Å². The molecular weight excluding hydrogens is 312 g/mol. The molecule has 2 aromatic carbocycles. The van der Waals surface area contributed by atoms with Crippen LogP contribution in [0.5, 0.6) is 5.75 Å². The number of piperidine rings is 1. The van der Waals surface area contributed by atoms with E-state index < -0.39 is 0 Å². The fourth-order valence-corrected chi connectivity index (χ4v) is 3.89. The standard InChI is InChI=1S/C21H24N2O2/c24-21-18-10-4-5-11-19(18)25-20(13-22-21)17-9-6-12-23(15-17)14-16-7-2-1-3-8-16/h1-5,7-8,10-11,17,20H,6,9,12-15H2,(H,22,24)/t17-,20+/m1/s1. The van der Waals surface area contributed by atoms with Crippen LogP contribution in [0.25, 0.3) is 0 Å². The molecule has 2 heterocycles. The van der Waals surface area contributed by atoms with Crippen molar-refractivity contribution in [1.29, 1.82) is 0 Å². The average molecular weight is 336 g/mol. The second kappa shape index (κ2) is 7.28. The molecule has 2 aliphatic rings. The van der Waals surface area contributed by atoms with Crippen LogP contribution in [0.2, 0.25) is 0 Å². The topological polar surface area (TPSA) is 41.6 Å². The lowest BCUT2D eigenvalue weighted by Crippen LogP contribution is -2.45. The van der Waals surface area contributed by atoms with E-state index in [1.54, 1.807) is 0 Å². The third-order valence-electron chi connectivity index (χ3n) is 5.19. The van der Waals surface area contributed by atoms with Gasteiger partial charge in [-0.15, -0.1) is 0 Å². The number of rotatable bonds is 3. The third-order valence-corrected chi connectivity index (χ3v) is 5.19. The molecule has 4 nitrogen and oxygen atoms in total. The number of benzene rings is 2. The molecule has 2 aromatic rings. The van der Waals surface area contributed by atoms with Gasteiger partial charge in [-0.05, 0) is 37.1 Å². The highest BCUT2D eigenvalue weighted by molar-refractivity contribution is 5.97. The van der Waals surface area contributed by atoms with Crippen LogP contribution >= 0.6 is 0 Å². The summed E-state index contributed by atoms with van der Waals surface area (Å²) in [6.07, 6.45) is 2.35. The fraction of sp³-hybridized carbons (Fsp3) is 0.381. The lowest BCUT2D eigenvalue weighted by Gasteiger charge is -2.36. The van der Waals surface area contributed by atoms with Crippen molar-refractivity contribution in [1.82, 2.24) is 10.2 Å². The number of hydrogen-bond acceptors (Lipinski definition) is 3. The second-order valence-electron chi connectivity index (χ2n) is 6.99. The van der Waals surface area contributed by atoms with Crippen LogP contribution in [0.4, 0.5) is 0 Å². The first-order chi connectivity index (χ1) is 12.3. The Morgan fingerprint density at radius 3 is 2.76 bits per heavy atom. The fourth-order valence-electron chi connectivity index (χ4n) is 3.89. The molecule has 0 spiro atoms. The number of para-hydroxylation sites is 1. The van der Waals surface area contributed by atoms with Crippen molar-refractivity contribution in [3.8, 4) is 5.75 Å². The maximum Gasteiger partial charge on any atom is 0.255 e. The Morgan fingerprint density at radius 1 is 1.08 bits per heavy atom. The summed E-state index contributed by atoms with van der Waals surface area (Å²) in [4.78, 5) is 14.7. The van der Waals surface area contributed by atoms with Crippen LogP contribution < -0.4 is 10.1 Å². The molecule has 2 aliphatic heterocycles. The number of amides is 1. The summed E-state index contributed by atoms with van der Waals surface area (Å²) in [7, 11) is 0. The molecule has 0 unspecified atom stereocenters. The predicted octanol–water partition coefficient (Wildman–Crippen LogP) is 3.09. The van der Waals surface area contributed by atoms with E-state index in [1.807, 2.05) is 24.3 Å². The summed E-state index contributed by atoms with van der Waals surface area (Å²) in [6.45, 7) is 3.70. The minimum absolute atomic E-state index is 0.0324. The molecule has 0 bridgehead atoms. The molecular formula is C21H24N2O2. The monoisotopic (exact) mass is 336 g/mol. The van der Waals surface area contributed by atoms with E-state index in [9.17, 15) is 4.79 Å². The largest absolute Gasteiger partial charge is 0.487 e. The van der Waals surface area contributed by atoms with Gasteiger partial charge in [-0.1, -0.05) is 42.5 Å². The molecule has 1 N–H and O–H groups in total. The molecule has 1 amide bonds. The second-order valence-corrected chi connectivity index (χ2v) is 6.99. The first kappa shape index (κ1) is 16.2. The zero-order valence-corrected chi connectivity index (χ0v) is 14.4. The molecule has 2 atom stereocenters. The number of fused-ring (bicyclic) bond motifs is 1. The van der Waals surface area contributed by atoms with Crippen molar-refractivity contribution < 1.29 is 9.53 Å². The summed E-state index contributed by atoms with van der Waals surface area (Å²) in [5.74, 6) is 1.11. The maximum absolute atomic E-state index is 12.2. The lowest BCUT2D eigenvalue weighted by atomic mass is 9.92. The highest BCUT2D eigenvalue weighted by atomic mass is 16.5. The van der Waals surface area contributed by atoms with Gasteiger partial charge in [0.1, 0.15) is 11.9 Å². The van der Waals surface area contributed by atoms with Crippen LogP contribution in [0.1, 0.15) is 28.8 Å². The molecule has 1 fully saturated rings. The van der Waals surface area contributed by atoms with Gasteiger partial charge in [0, 0.05) is 19.0 Å². The van der Waals surface area contributed by atoms with E-state index in [1.165, 1.54) is 12.0 Å². The van der Waals surface area contributed by atoms with Crippen molar-refractivity contribution in [2.24, 2.45) is 5.92 Å². The summed E-state index contributed by atoms with van der Waals surface area (Å²) in [6, 6.07) is 18.1. The molecule has 1 saturated heterocycles. The van der Waals surface area contributed by atoms with Gasteiger partial charge in [-0.2, -0.15) is 0 Å². The minimum Gasteiger partial charge on any atom is -0.487 e. The Kier molecular flexibility index (Phi) is 4.70. The van der Waals surface area contributed by atoms with E-state index in [4.69, 9.17) is 4.74 Å². The molecule has 0 aromatic heterocycles. The average Bonchev–Trinajstić information content (AvgIpc) is 2.82. The highest BCUT2D eigenvalue weighted by Gasteiger charge is 2.32. The molecule has 0 radical (unpaired) electrons. The number of carbonyl (C=O) groups is 1. The zero-order chi connectivity index (χ0) is 17.1. The zero-order valence-electron chi connectivity index (χ0n) is 14.4. The molecule has 4 rings (SSSR count). The van der Waals surface area contributed by atoms with Gasteiger partial charge < -0.3 is 10.1 Å². The van der Waals surface area contributed by atoms with E-state index in [0.717, 1.165) is 26.1 Å². The third kappa shape index (κ3) is 3.69. The minimum atomic E-state index is -0.0324. The van der Waals surface area contributed by atoms with Crippen molar-refractivity contribution in [2.75, 3.05) is 19.6 Å². The summed E-state index contributed by atoms with van der Waals surface area (Å²) >= 11 is 0. The molecule has 0 saturated carbocycles. The Hall–Kier alpha value is -2.33. The summed E-state index contributed by atoms with van der Waals surface area (Å²) in [5.41, 5.74) is 1.99. The van der Waals surface area contributed by atoms with Gasteiger partial charge in [-0.25, -0.2) is 0 Å². The van der Waals surface area contributed by atoms with Gasteiger partial charge in [0.25, 0.3) is 5.91 Å².